The molecule has 28 heavy (non-hydrogen) atoms. The minimum absolute atomic E-state index is 0.262. The van der Waals surface area contributed by atoms with Gasteiger partial charge in [0, 0.05) is 6.54 Å². The maximum absolute atomic E-state index is 8.76. The van der Waals surface area contributed by atoms with Crippen molar-refractivity contribution in [3.8, 4) is 0 Å². The van der Waals surface area contributed by atoms with E-state index in [4.69, 9.17) is 5.11 Å². The van der Waals surface area contributed by atoms with E-state index < -0.39 is 0 Å². The van der Waals surface area contributed by atoms with E-state index in [1.807, 2.05) is 0 Å². The van der Waals surface area contributed by atoms with Crippen molar-refractivity contribution in [2.24, 2.45) is 5.92 Å². The Morgan fingerprint density at radius 3 is 1.32 bits per heavy atom. The summed E-state index contributed by atoms with van der Waals surface area (Å²) in [4.78, 5) is 0. The van der Waals surface area contributed by atoms with Crippen LogP contribution in [0, 0.1) is 5.92 Å². The standard InChI is InChI=1S/C26H55NO/c1-3-5-7-9-12-16-20-26(21-17-13-10-8-6-4-2)22-18-14-11-15-19-23-27-24-25-28/h26-28H,3-25H2,1-2H3. The molecule has 0 bridgehead atoms. The second-order valence-corrected chi connectivity index (χ2v) is 9.01. The summed E-state index contributed by atoms with van der Waals surface area (Å²) in [6.45, 7) is 6.70. The van der Waals surface area contributed by atoms with Crippen LogP contribution in [-0.2, 0) is 0 Å². The van der Waals surface area contributed by atoms with Crippen molar-refractivity contribution < 1.29 is 5.11 Å². The van der Waals surface area contributed by atoms with E-state index in [0.717, 1.165) is 19.0 Å². The second-order valence-electron chi connectivity index (χ2n) is 9.01. The lowest BCUT2D eigenvalue weighted by molar-refractivity contribution is 0.292. The van der Waals surface area contributed by atoms with E-state index in [-0.39, 0.29) is 6.61 Å². The summed E-state index contributed by atoms with van der Waals surface area (Å²) in [5.41, 5.74) is 0. The minimum atomic E-state index is 0.262. The van der Waals surface area contributed by atoms with Crippen molar-refractivity contribution in [1.82, 2.24) is 5.32 Å². The molecule has 0 saturated heterocycles. The van der Waals surface area contributed by atoms with Gasteiger partial charge in [0.05, 0.1) is 6.61 Å². The van der Waals surface area contributed by atoms with Crippen LogP contribution >= 0.6 is 0 Å². The fraction of sp³-hybridized carbons (Fsp3) is 1.00. The van der Waals surface area contributed by atoms with Crippen LogP contribution in [0.15, 0.2) is 0 Å². The van der Waals surface area contributed by atoms with Crippen molar-refractivity contribution in [3.05, 3.63) is 0 Å². The molecule has 0 spiro atoms. The highest BCUT2D eigenvalue weighted by molar-refractivity contribution is 4.62. The molecule has 2 heteroatoms. The lowest BCUT2D eigenvalue weighted by Crippen LogP contribution is -2.19. The van der Waals surface area contributed by atoms with Gasteiger partial charge in [0.25, 0.3) is 0 Å². The van der Waals surface area contributed by atoms with Crippen LogP contribution < -0.4 is 5.32 Å². The van der Waals surface area contributed by atoms with Gasteiger partial charge in [-0.15, -0.1) is 0 Å². The molecule has 0 aliphatic heterocycles. The number of aliphatic hydroxyl groups is 1. The van der Waals surface area contributed by atoms with Gasteiger partial charge >= 0.3 is 0 Å². The molecule has 0 fully saturated rings. The Morgan fingerprint density at radius 2 is 0.893 bits per heavy atom. The minimum Gasteiger partial charge on any atom is -0.395 e. The van der Waals surface area contributed by atoms with Crippen LogP contribution in [0.1, 0.15) is 142 Å². The van der Waals surface area contributed by atoms with Crippen molar-refractivity contribution in [3.63, 3.8) is 0 Å². The van der Waals surface area contributed by atoms with Crippen LogP contribution in [-0.4, -0.2) is 24.8 Å². The Labute approximate surface area is 178 Å². The molecule has 170 valence electrons. The van der Waals surface area contributed by atoms with E-state index in [2.05, 4.69) is 19.2 Å². The average molecular weight is 398 g/mol. The third kappa shape index (κ3) is 22.2. The van der Waals surface area contributed by atoms with Gasteiger partial charge in [-0.05, 0) is 18.9 Å². The van der Waals surface area contributed by atoms with Gasteiger partial charge < -0.3 is 10.4 Å². The summed E-state index contributed by atoms with van der Waals surface area (Å²) >= 11 is 0. The van der Waals surface area contributed by atoms with Crippen LogP contribution in [0.3, 0.4) is 0 Å². The molecule has 0 aliphatic carbocycles. The number of hydrogen-bond acceptors (Lipinski definition) is 2. The Hall–Kier alpha value is -0.0800. The molecular formula is C26H55NO. The third-order valence-electron chi connectivity index (χ3n) is 6.19. The normalized spacial score (nSPS) is 11.6. The molecule has 0 aromatic carbocycles. The summed E-state index contributed by atoms with van der Waals surface area (Å²) in [6, 6.07) is 0. The number of unbranched alkanes of at least 4 members (excludes halogenated alkanes) is 14. The quantitative estimate of drug-likeness (QED) is 0.162. The predicted molar refractivity (Wildman–Crippen MR) is 127 cm³/mol. The zero-order valence-corrected chi connectivity index (χ0v) is 19.8. The number of aliphatic hydroxyl groups excluding tert-OH is 1. The molecule has 0 saturated carbocycles. The molecule has 0 heterocycles. The first-order valence-electron chi connectivity index (χ1n) is 13.2. The van der Waals surface area contributed by atoms with Crippen LogP contribution in [0.5, 0.6) is 0 Å². The van der Waals surface area contributed by atoms with Crippen molar-refractivity contribution in [1.29, 1.82) is 0 Å². The zero-order valence-electron chi connectivity index (χ0n) is 19.8. The third-order valence-corrected chi connectivity index (χ3v) is 6.19. The smallest absolute Gasteiger partial charge is 0.0555 e. The van der Waals surface area contributed by atoms with Gasteiger partial charge in [0.1, 0.15) is 0 Å². The maximum atomic E-state index is 8.76. The SMILES string of the molecule is CCCCCCCCC(CCCCCCCC)CCCCCCCNCCO. The summed E-state index contributed by atoms with van der Waals surface area (Å²) < 4.78 is 0. The number of hydrogen-bond donors (Lipinski definition) is 2. The fourth-order valence-corrected chi connectivity index (χ4v) is 4.28. The van der Waals surface area contributed by atoms with E-state index >= 15 is 0 Å². The van der Waals surface area contributed by atoms with Crippen molar-refractivity contribution in [2.75, 3.05) is 19.7 Å². The highest BCUT2D eigenvalue weighted by Crippen LogP contribution is 2.24. The van der Waals surface area contributed by atoms with Crippen molar-refractivity contribution in [2.45, 2.75) is 142 Å². The van der Waals surface area contributed by atoms with E-state index in [0.29, 0.717) is 0 Å². The number of rotatable bonds is 24. The topological polar surface area (TPSA) is 32.3 Å². The molecule has 0 amide bonds. The lowest BCUT2D eigenvalue weighted by atomic mass is 9.89. The van der Waals surface area contributed by atoms with Crippen LogP contribution in [0.4, 0.5) is 0 Å². The van der Waals surface area contributed by atoms with Gasteiger partial charge in [-0.1, -0.05) is 136 Å². The first-order valence-corrected chi connectivity index (χ1v) is 13.2. The molecule has 2 nitrogen and oxygen atoms in total. The fourth-order valence-electron chi connectivity index (χ4n) is 4.28. The predicted octanol–water partition coefficient (Wildman–Crippen LogP) is 8.03. The Balaban J connectivity index is 3.76. The average Bonchev–Trinajstić information content (AvgIpc) is 2.71. The molecular weight excluding hydrogens is 342 g/mol. The van der Waals surface area contributed by atoms with Gasteiger partial charge in [-0.2, -0.15) is 0 Å². The highest BCUT2D eigenvalue weighted by atomic mass is 16.3. The Morgan fingerprint density at radius 1 is 0.500 bits per heavy atom. The summed E-state index contributed by atoms with van der Waals surface area (Å²) in [6.07, 6.45) is 28.6. The van der Waals surface area contributed by atoms with E-state index in [9.17, 15) is 0 Å². The largest absolute Gasteiger partial charge is 0.395 e. The number of nitrogens with one attached hydrogen (secondary N) is 1. The molecule has 0 aromatic rings. The molecule has 0 unspecified atom stereocenters. The highest BCUT2D eigenvalue weighted by Gasteiger charge is 2.08. The Kier molecular flexibility index (Phi) is 24.9. The van der Waals surface area contributed by atoms with Crippen LogP contribution in [0.25, 0.3) is 0 Å². The van der Waals surface area contributed by atoms with Gasteiger partial charge in [0.15, 0.2) is 0 Å². The molecule has 0 radical (unpaired) electrons. The monoisotopic (exact) mass is 397 g/mol. The first-order chi connectivity index (χ1) is 13.8. The molecule has 0 rings (SSSR count). The van der Waals surface area contributed by atoms with Gasteiger partial charge in [-0.3, -0.25) is 0 Å². The zero-order chi connectivity index (χ0) is 20.5. The first kappa shape index (κ1) is 27.9. The van der Waals surface area contributed by atoms with E-state index in [1.165, 1.54) is 128 Å². The molecule has 0 aromatic heterocycles. The van der Waals surface area contributed by atoms with Crippen LogP contribution in [0.2, 0.25) is 0 Å². The second kappa shape index (κ2) is 25.0. The maximum Gasteiger partial charge on any atom is 0.0555 e. The van der Waals surface area contributed by atoms with E-state index in [1.54, 1.807) is 0 Å². The Bertz CT molecular complexity index is 253. The summed E-state index contributed by atoms with van der Waals surface area (Å²) in [5.74, 6) is 1.00. The van der Waals surface area contributed by atoms with Gasteiger partial charge in [0.2, 0.25) is 0 Å². The van der Waals surface area contributed by atoms with Crippen molar-refractivity contribution >= 4 is 0 Å². The molecule has 2 N–H and O–H groups in total. The molecule has 0 atom stereocenters. The van der Waals surface area contributed by atoms with Gasteiger partial charge in [-0.25, -0.2) is 0 Å². The molecule has 0 aliphatic rings. The summed E-state index contributed by atoms with van der Waals surface area (Å²) in [7, 11) is 0. The summed E-state index contributed by atoms with van der Waals surface area (Å²) in [5, 5.41) is 12.0. The lowest BCUT2D eigenvalue weighted by Gasteiger charge is -2.17.